The van der Waals surface area contributed by atoms with E-state index in [2.05, 4.69) is 26.4 Å². The molecule has 0 bridgehead atoms. The maximum absolute atomic E-state index is 11.9. The van der Waals surface area contributed by atoms with Gasteiger partial charge in [0.1, 0.15) is 12.7 Å². The molecule has 3 N–H and O–H groups in total. The van der Waals surface area contributed by atoms with E-state index in [1.165, 1.54) is 0 Å². The molecule has 2 aliphatic heterocycles. The van der Waals surface area contributed by atoms with E-state index in [0.29, 0.717) is 36.6 Å². The van der Waals surface area contributed by atoms with Gasteiger partial charge in [-0.05, 0) is 42.7 Å². The highest BCUT2D eigenvalue weighted by atomic mass is 16.5. The van der Waals surface area contributed by atoms with Gasteiger partial charge in [0.15, 0.2) is 5.82 Å². The average Bonchev–Trinajstić information content (AvgIpc) is 3.41. The second kappa shape index (κ2) is 8.41. The zero-order valence-corrected chi connectivity index (χ0v) is 18.6. The Morgan fingerprint density at radius 2 is 2.15 bits per heavy atom. The number of carbonyl (C=O) groups excluding carboxylic acids is 1. The maximum Gasteiger partial charge on any atom is 0.338 e. The summed E-state index contributed by atoms with van der Waals surface area (Å²) in [7, 11) is 0. The molecule has 9 nitrogen and oxygen atoms in total. The van der Waals surface area contributed by atoms with Crippen LogP contribution in [-0.4, -0.2) is 44.9 Å². The van der Waals surface area contributed by atoms with Crippen LogP contribution in [0.1, 0.15) is 49.8 Å². The van der Waals surface area contributed by atoms with Crippen molar-refractivity contribution in [2.45, 2.75) is 39.2 Å². The van der Waals surface area contributed by atoms with E-state index in [4.69, 9.17) is 15.7 Å². The molecule has 5 rings (SSSR count). The summed E-state index contributed by atoms with van der Waals surface area (Å²) in [4.78, 5) is 18.5. The van der Waals surface area contributed by atoms with E-state index in [1.807, 2.05) is 44.4 Å². The Balaban J connectivity index is 1.33. The fourth-order valence-corrected chi connectivity index (χ4v) is 4.65. The van der Waals surface area contributed by atoms with Gasteiger partial charge < -0.3 is 10.5 Å². The number of esters is 1. The number of aromatic nitrogens is 3. The largest absolute Gasteiger partial charge is 0.457 e. The summed E-state index contributed by atoms with van der Waals surface area (Å²) >= 11 is 0. The van der Waals surface area contributed by atoms with Crippen LogP contribution < -0.4 is 11.1 Å². The standard InChI is InChI=1S/C24H25N7O2/c1-14-5-23(27-8-17(14)6-25)31-10-16(7-28-31)9-30-11-21(29-22(26)12-30)18-3-4-19-20(15(18)2)13-33-24(19)32/h3-5,7-8,10,21-22,29H,9,11-13,26H2,1-2H3/t21-,22+/m0/s1. The number of piperazine rings is 1. The van der Waals surface area contributed by atoms with Crippen molar-refractivity contribution in [1.82, 2.24) is 25.0 Å². The van der Waals surface area contributed by atoms with Gasteiger partial charge in [0.25, 0.3) is 0 Å². The third kappa shape index (κ3) is 4.00. The second-order valence-electron chi connectivity index (χ2n) is 8.66. The molecule has 2 aliphatic rings. The minimum Gasteiger partial charge on any atom is -0.457 e. The summed E-state index contributed by atoms with van der Waals surface area (Å²) in [6.07, 6.45) is 5.19. The Labute approximate surface area is 191 Å². The maximum atomic E-state index is 11.9. The summed E-state index contributed by atoms with van der Waals surface area (Å²) in [5, 5.41) is 17.1. The molecule has 4 heterocycles. The highest BCUT2D eigenvalue weighted by Crippen LogP contribution is 2.30. The Morgan fingerprint density at radius 3 is 2.94 bits per heavy atom. The minimum absolute atomic E-state index is 0.0487. The van der Waals surface area contributed by atoms with Crippen molar-refractivity contribution in [2.75, 3.05) is 13.1 Å². The molecule has 1 aromatic carbocycles. The number of aryl methyl sites for hydroxylation is 1. The lowest BCUT2D eigenvalue weighted by Gasteiger charge is -2.38. The van der Waals surface area contributed by atoms with Gasteiger partial charge in [-0.1, -0.05) is 6.07 Å². The molecule has 1 fully saturated rings. The third-order valence-corrected chi connectivity index (χ3v) is 6.39. The van der Waals surface area contributed by atoms with E-state index >= 15 is 0 Å². The summed E-state index contributed by atoms with van der Waals surface area (Å²) < 4.78 is 6.93. The van der Waals surface area contributed by atoms with Gasteiger partial charge >= 0.3 is 5.97 Å². The molecule has 3 aromatic rings. The topological polar surface area (TPSA) is 122 Å². The molecule has 2 atom stereocenters. The van der Waals surface area contributed by atoms with Crippen LogP contribution in [0.2, 0.25) is 0 Å². The first kappa shape index (κ1) is 21.3. The first-order valence-corrected chi connectivity index (χ1v) is 10.9. The van der Waals surface area contributed by atoms with Crippen LogP contribution in [0.4, 0.5) is 0 Å². The molecule has 0 amide bonds. The number of hydrogen-bond acceptors (Lipinski definition) is 8. The zero-order chi connectivity index (χ0) is 23.1. The minimum atomic E-state index is -0.251. The summed E-state index contributed by atoms with van der Waals surface area (Å²) in [5.74, 6) is 0.428. The highest BCUT2D eigenvalue weighted by molar-refractivity contribution is 5.94. The van der Waals surface area contributed by atoms with E-state index in [0.717, 1.165) is 34.4 Å². The second-order valence-corrected chi connectivity index (χ2v) is 8.66. The third-order valence-electron chi connectivity index (χ3n) is 6.39. The number of nitrogens with one attached hydrogen (secondary N) is 1. The predicted molar refractivity (Wildman–Crippen MR) is 120 cm³/mol. The van der Waals surface area contributed by atoms with Crippen LogP contribution in [0.15, 0.2) is 36.8 Å². The van der Waals surface area contributed by atoms with Crippen LogP contribution in [0, 0.1) is 25.2 Å². The van der Waals surface area contributed by atoms with Crippen molar-refractivity contribution in [1.29, 1.82) is 5.26 Å². The van der Waals surface area contributed by atoms with Crippen LogP contribution in [0.5, 0.6) is 0 Å². The lowest BCUT2D eigenvalue weighted by molar-refractivity contribution is 0.0535. The van der Waals surface area contributed by atoms with Crippen LogP contribution in [0.3, 0.4) is 0 Å². The van der Waals surface area contributed by atoms with Gasteiger partial charge in [-0.3, -0.25) is 10.2 Å². The zero-order valence-electron chi connectivity index (χ0n) is 18.6. The Bertz CT molecular complexity index is 1280. The van der Waals surface area contributed by atoms with Gasteiger partial charge in [-0.2, -0.15) is 10.4 Å². The van der Waals surface area contributed by atoms with Gasteiger partial charge in [0.05, 0.1) is 23.5 Å². The fraction of sp³-hybridized carbons (Fsp3) is 0.333. The molecule has 2 aromatic heterocycles. The highest BCUT2D eigenvalue weighted by Gasteiger charge is 2.30. The molecule has 0 saturated carbocycles. The fourth-order valence-electron chi connectivity index (χ4n) is 4.65. The molecule has 33 heavy (non-hydrogen) atoms. The van der Waals surface area contributed by atoms with Gasteiger partial charge in [0.2, 0.25) is 0 Å². The van der Waals surface area contributed by atoms with Crippen LogP contribution in [-0.2, 0) is 17.9 Å². The number of hydrogen-bond donors (Lipinski definition) is 2. The number of benzene rings is 1. The number of nitrogens with zero attached hydrogens (tertiary/aromatic N) is 5. The van der Waals surface area contributed by atoms with E-state index in [-0.39, 0.29) is 18.2 Å². The number of fused-ring (bicyclic) bond motifs is 1. The summed E-state index contributed by atoms with van der Waals surface area (Å²) in [5.41, 5.74) is 12.7. The molecular formula is C24H25N7O2. The van der Waals surface area contributed by atoms with Crippen molar-refractivity contribution >= 4 is 5.97 Å². The first-order chi connectivity index (χ1) is 15.9. The van der Waals surface area contributed by atoms with Gasteiger partial charge in [-0.15, -0.1) is 0 Å². The van der Waals surface area contributed by atoms with E-state index in [1.54, 1.807) is 10.9 Å². The monoisotopic (exact) mass is 443 g/mol. The van der Waals surface area contributed by atoms with Crippen molar-refractivity contribution in [3.05, 3.63) is 75.7 Å². The SMILES string of the molecule is Cc1cc(-n2cc(CN3C[C@@H](c4ccc5c(c4C)COC5=O)N[C@@H](N)C3)cn2)ncc1C#N. The first-order valence-electron chi connectivity index (χ1n) is 10.9. The average molecular weight is 444 g/mol. The smallest absolute Gasteiger partial charge is 0.338 e. The predicted octanol–water partition coefficient (Wildman–Crippen LogP) is 1.86. The normalized spacial score (nSPS) is 20.4. The molecule has 0 radical (unpaired) electrons. The quantitative estimate of drug-likeness (QED) is 0.586. The number of nitrogens with two attached hydrogens (primary N) is 1. The van der Waals surface area contributed by atoms with Crippen molar-refractivity contribution < 1.29 is 9.53 Å². The Morgan fingerprint density at radius 1 is 1.30 bits per heavy atom. The van der Waals surface area contributed by atoms with Gasteiger partial charge in [0, 0.05) is 49.2 Å². The lowest BCUT2D eigenvalue weighted by atomic mass is 9.93. The van der Waals surface area contributed by atoms with E-state index in [9.17, 15) is 4.79 Å². The Kier molecular flexibility index (Phi) is 5.42. The lowest BCUT2D eigenvalue weighted by Crippen LogP contribution is -2.56. The number of cyclic esters (lactones) is 1. The molecular weight excluding hydrogens is 418 g/mol. The number of carbonyl (C=O) groups is 1. The number of nitriles is 1. The number of pyridine rings is 1. The van der Waals surface area contributed by atoms with E-state index < -0.39 is 0 Å². The van der Waals surface area contributed by atoms with Crippen molar-refractivity contribution in [3.63, 3.8) is 0 Å². The summed E-state index contributed by atoms with van der Waals surface area (Å²) in [6.45, 7) is 6.45. The molecule has 168 valence electrons. The van der Waals surface area contributed by atoms with Crippen molar-refractivity contribution in [2.24, 2.45) is 5.73 Å². The van der Waals surface area contributed by atoms with Crippen LogP contribution in [0.25, 0.3) is 5.82 Å². The molecule has 9 heteroatoms. The molecule has 0 unspecified atom stereocenters. The number of ether oxygens (including phenoxy) is 1. The molecule has 0 aliphatic carbocycles. The van der Waals surface area contributed by atoms with Crippen molar-refractivity contribution in [3.8, 4) is 11.9 Å². The van der Waals surface area contributed by atoms with Gasteiger partial charge in [-0.25, -0.2) is 14.5 Å². The number of rotatable bonds is 4. The summed E-state index contributed by atoms with van der Waals surface area (Å²) in [6, 6.07) is 7.90. The Hall–Kier alpha value is -3.58. The van der Waals surface area contributed by atoms with Crippen LogP contribution >= 0.6 is 0 Å². The molecule has 1 saturated heterocycles. The molecule has 0 spiro atoms.